The molecule has 0 aliphatic heterocycles. The highest BCUT2D eigenvalue weighted by Gasteiger charge is 2.06. The smallest absolute Gasteiger partial charge is 0.211 e. The van der Waals surface area contributed by atoms with E-state index >= 15 is 0 Å². The summed E-state index contributed by atoms with van der Waals surface area (Å²) in [5, 5.41) is 2.73. The maximum atomic E-state index is 10.8. The summed E-state index contributed by atoms with van der Waals surface area (Å²) in [5.41, 5.74) is 3.04. The average molecular weight is 297 g/mol. The normalized spacial score (nSPS) is 10.5. The highest BCUT2D eigenvalue weighted by Crippen LogP contribution is 2.27. The van der Waals surface area contributed by atoms with Crippen molar-refractivity contribution in [2.24, 2.45) is 5.92 Å². The van der Waals surface area contributed by atoms with Crippen LogP contribution in [0, 0.1) is 5.92 Å². The first-order chi connectivity index (χ1) is 10.7. The summed E-state index contributed by atoms with van der Waals surface area (Å²) in [6.07, 6.45) is 2.83. The molecule has 22 heavy (non-hydrogen) atoms. The SMILES string of the molecule is CC(C)CCc1ccc(OCc2ccccc2)c(NC=O)c1. The average Bonchev–Trinajstić information content (AvgIpc) is 2.53. The summed E-state index contributed by atoms with van der Waals surface area (Å²) in [4.78, 5) is 10.8. The lowest BCUT2D eigenvalue weighted by Gasteiger charge is -2.13. The van der Waals surface area contributed by atoms with Crippen molar-refractivity contribution in [3.63, 3.8) is 0 Å². The minimum Gasteiger partial charge on any atom is -0.487 e. The molecule has 0 radical (unpaired) electrons. The molecule has 0 bridgehead atoms. The van der Waals surface area contributed by atoms with Crippen LogP contribution in [-0.2, 0) is 17.8 Å². The van der Waals surface area contributed by atoms with E-state index in [0.29, 0.717) is 24.7 Å². The number of ether oxygens (including phenoxy) is 1. The predicted octanol–water partition coefficient (Wildman–Crippen LogP) is 4.42. The molecule has 2 aromatic rings. The van der Waals surface area contributed by atoms with Crippen LogP contribution < -0.4 is 10.1 Å². The quantitative estimate of drug-likeness (QED) is 0.732. The maximum Gasteiger partial charge on any atom is 0.211 e. The van der Waals surface area contributed by atoms with Crippen LogP contribution in [0.4, 0.5) is 5.69 Å². The van der Waals surface area contributed by atoms with Gasteiger partial charge in [0.2, 0.25) is 6.41 Å². The maximum absolute atomic E-state index is 10.8. The predicted molar refractivity (Wildman–Crippen MR) is 90.1 cm³/mol. The van der Waals surface area contributed by atoms with Crippen LogP contribution in [0.25, 0.3) is 0 Å². The Morgan fingerprint density at radius 2 is 1.86 bits per heavy atom. The summed E-state index contributed by atoms with van der Waals surface area (Å²) in [7, 11) is 0. The third kappa shape index (κ3) is 4.92. The van der Waals surface area contributed by atoms with E-state index in [1.165, 1.54) is 5.56 Å². The van der Waals surface area contributed by atoms with Crippen molar-refractivity contribution in [2.45, 2.75) is 33.3 Å². The van der Waals surface area contributed by atoms with Crippen LogP contribution in [0.2, 0.25) is 0 Å². The molecular formula is C19H23NO2. The van der Waals surface area contributed by atoms with E-state index in [-0.39, 0.29) is 0 Å². The van der Waals surface area contributed by atoms with E-state index in [1.807, 2.05) is 42.5 Å². The third-order valence-electron chi connectivity index (χ3n) is 3.51. The number of amides is 1. The first-order valence-electron chi connectivity index (χ1n) is 7.69. The van der Waals surface area contributed by atoms with Crippen molar-refractivity contribution in [1.29, 1.82) is 0 Å². The number of anilines is 1. The van der Waals surface area contributed by atoms with Crippen LogP contribution >= 0.6 is 0 Å². The molecule has 1 amide bonds. The Kier molecular flexibility index (Phi) is 6.01. The van der Waals surface area contributed by atoms with Crippen molar-refractivity contribution in [2.75, 3.05) is 5.32 Å². The van der Waals surface area contributed by atoms with Gasteiger partial charge in [0.25, 0.3) is 0 Å². The lowest BCUT2D eigenvalue weighted by atomic mass is 10.0. The van der Waals surface area contributed by atoms with Gasteiger partial charge in [0, 0.05) is 0 Å². The summed E-state index contributed by atoms with van der Waals surface area (Å²) in [5.74, 6) is 1.36. The van der Waals surface area contributed by atoms with Gasteiger partial charge in [-0.2, -0.15) is 0 Å². The number of carbonyl (C=O) groups is 1. The second-order valence-corrected chi connectivity index (χ2v) is 5.80. The second kappa shape index (κ2) is 8.23. The van der Waals surface area contributed by atoms with E-state index in [2.05, 4.69) is 25.2 Å². The fraction of sp³-hybridized carbons (Fsp3) is 0.316. The van der Waals surface area contributed by atoms with E-state index in [0.717, 1.165) is 24.1 Å². The fourth-order valence-electron chi connectivity index (χ4n) is 2.23. The Morgan fingerprint density at radius 1 is 1.09 bits per heavy atom. The molecule has 0 spiro atoms. The number of hydrogen-bond acceptors (Lipinski definition) is 2. The first kappa shape index (κ1) is 16.1. The molecular weight excluding hydrogens is 274 g/mol. The number of hydrogen-bond donors (Lipinski definition) is 1. The van der Waals surface area contributed by atoms with E-state index in [4.69, 9.17) is 4.74 Å². The van der Waals surface area contributed by atoms with Gasteiger partial charge in [-0.1, -0.05) is 50.2 Å². The molecule has 0 fully saturated rings. The molecule has 2 aromatic carbocycles. The Labute approximate surface area is 132 Å². The second-order valence-electron chi connectivity index (χ2n) is 5.80. The minimum absolute atomic E-state index is 0.486. The van der Waals surface area contributed by atoms with Gasteiger partial charge in [0.05, 0.1) is 5.69 Å². The summed E-state index contributed by atoms with van der Waals surface area (Å²) in [6, 6.07) is 16.0. The molecule has 0 aliphatic carbocycles. The lowest BCUT2D eigenvalue weighted by molar-refractivity contribution is -0.105. The number of benzene rings is 2. The van der Waals surface area contributed by atoms with Crippen molar-refractivity contribution in [3.05, 3.63) is 59.7 Å². The monoisotopic (exact) mass is 297 g/mol. The molecule has 0 saturated heterocycles. The molecule has 2 rings (SSSR count). The lowest BCUT2D eigenvalue weighted by Crippen LogP contribution is -2.02. The van der Waals surface area contributed by atoms with Gasteiger partial charge in [-0.3, -0.25) is 4.79 Å². The zero-order valence-electron chi connectivity index (χ0n) is 13.2. The molecule has 0 atom stereocenters. The fourth-order valence-corrected chi connectivity index (χ4v) is 2.23. The van der Waals surface area contributed by atoms with Crippen LogP contribution in [-0.4, -0.2) is 6.41 Å². The zero-order valence-corrected chi connectivity index (χ0v) is 13.2. The van der Waals surface area contributed by atoms with Gasteiger partial charge >= 0.3 is 0 Å². The largest absolute Gasteiger partial charge is 0.487 e. The van der Waals surface area contributed by atoms with Gasteiger partial charge in [0.15, 0.2) is 0 Å². The van der Waals surface area contributed by atoms with Crippen LogP contribution in [0.15, 0.2) is 48.5 Å². The molecule has 3 heteroatoms. The molecule has 116 valence electrons. The molecule has 0 aromatic heterocycles. The van der Waals surface area contributed by atoms with Crippen LogP contribution in [0.5, 0.6) is 5.75 Å². The van der Waals surface area contributed by atoms with Crippen molar-refractivity contribution in [3.8, 4) is 5.75 Å². The van der Waals surface area contributed by atoms with Gasteiger partial charge in [-0.25, -0.2) is 0 Å². The molecule has 0 unspecified atom stereocenters. The van der Waals surface area contributed by atoms with Gasteiger partial charge < -0.3 is 10.1 Å². The molecule has 3 nitrogen and oxygen atoms in total. The number of rotatable bonds is 8. The standard InChI is InChI=1S/C19H23NO2/c1-15(2)8-9-16-10-11-19(18(12-16)20-14-21)22-13-17-6-4-3-5-7-17/h3-7,10-12,14-15H,8-9,13H2,1-2H3,(H,20,21). The molecule has 0 heterocycles. The van der Waals surface area contributed by atoms with E-state index in [1.54, 1.807) is 0 Å². The topological polar surface area (TPSA) is 38.3 Å². The third-order valence-corrected chi connectivity index (χ3v) is 3.51. The van der Waals surface area contributed by atoms with Gasteiger partial charge in [-0.05, 0) is 42.0 Å². The summed E-state index contributed by atoms with van der Waals surface area (Å²) < 4.78 is 5.83. The highest BCUT2D eigenvalue weighted by atomic mass is 16.5. The van der Waals surface area contributed by atoms with Gasteiger partial charge in [-0.15, -0.1) is 0 Å². The van der Waals surface area contributed by atoms with Crippen molar-refractivity contribution in [1.82, 2.24) is 0 Å². The molecule has 1 N–H and O–H groups in total. The molecule has 0 aliphatic rings. The van der Waals surface area contributed by atoms with Crippen LogP contribution in [0.1, 0.15) is 31.4 Å². The number of nitrogens with one attached hydrogen (secondary N) is 1. The van der Waals surface area contributed by atoms with E-state index in [9.17, 15) is 4.79 Å². The summed E-state index contributed by atoms with van der Waals surface area (Å²) in [6.45, 7) is 4.91. The highest BCUT2D eigenvalue weighted by molar-refractivity contribution is 5.75. The zero-order chi connectivity index (χ0) is 15.8. The van der Waals surface area contributed by atoms with E-state index < -0.39 is 0 Å². The Bertz CT molecular complexity index is 594. The van der Waals surface area contributed by atoms with Crippen molar-refractivity contribution < 1.29 is 9.53 Å². The Hall–Kier alpha value is -2.29. The molecule has 0 saturated carbocycles. The van der Waals surface area contributed by atoms with Gasteiger partial charge in [0.1, 0.15) is 12.4 Å². The first-order valence-corrected chi connectivity index (χ1v) is 7.69. The minimum atomic E-state index is 0.486. The number of aryl methyl sites for hydroxylation is 1. The number of carbonyl (C=O) groups excluding carboxylic acids is 1. The summed E-state index contributed by atoms with van der Waals surface area (Å²) >= 11 is 0. The van der Waals surface area contributed by atoms with Crippen molar-refractivity contribution >= 4 is 12.1 Å². The Balaban J connectivity index is 2.07. The van der Waals surface area contributed by atoms with Crippen LogP contribution in [0.3, 0.4) is 0 Å². The Morgan fingerprint density at radius 3 is 2.55 bits per heavy atom.